The van der Waals surface area contributed by atoms with E-state index in [1.165, 1.54) is 156 Å². The SMILES string of the molecule is CC(C)(C)c1cccc(-c2ccc3c(c2)N(c2ccc(-c4ccc5c(c4)C(C)(C)CCC5(C)C)cc2)c2cc(-n4c5ccc(-c6ccccc6)cc5c5cc(-c6ccccc6)ccc54)cc4c2B3c2ccc(-n3c5ccc(C(C)(C)C)cc5c5cc(C(C)(C)C)ccc53)cc2N4c2ccc(-c3ccc4c(c3)C(C)(C)CCC4(C)C)cc2)c1. The Morgan fingerprint density at radius 2 is 0.556 bits per heavy atom. The van der Waals surface area contributed by atoms with Crippen LogP contribution in [0.15, 0.2) is 291 Å². The number of benzene rings is 14. The van der Waals surface area contributed by atoms with E-state index in [0.29, 0.717) is 0 Å². The van der Waals surface area contributed by atoms with E-state index < -0.39 is 0 Å². The number of nitrogens with zero attached hydrogens (tertiary/aromatic N) is 4. The van der Waals surface area contributed by atoms with Crippen LogP contribution in [0.5, 0.6) is 0 Å². The Kier molecular flexibility index (Phi) is 16.8. The van der Waals surface area contributed by atoms with E-state index in [4.69, 9.17) is 0 Å². The number of anilines is 6. The van der Waals surface area contributed by atoms with E-state index in [1.54, 1.807) is 0 Å². The third kappa shape index (κ3) is 12.3. The summed E-state index contributed by atoms with van der Waals surface area (Å²) in [7, 11) is 0. The molecule has 4 nitrogen and oxygen atoms in total. The molecule has 5 heteroatoms. The van der Waals surface area contributed by atoms with Gasteiger partial charge in [0.25, 0.3) is 6.71 Å². The van der Waals surface area contributed by atoms with Gasteiger partial charge in [-0.2, -0.15) is 0 Å². The van der Waals surface area contributed by atoms with Crippen LogP contribution in [0.25, 0.3) is 111 Å². The molecule has 0 bridgehead atoms. The molecule has 0 fully saturated rings. The fraction of sp³-hybridized carbons (Fsp3) is 0.250. The summed E-state index contributed by atoms with van der Waals surface area (Å²) < 4.78 is 5.16. The van der Waals surface area contributed by atoms with Crippen LogP contribution in [0.4, 0.5) is 34.1 Å². The van der Waals surface area contributed by atoms with Crippen LogP contribution in [0.2, 0.25) is 0 Å². The maximum atomic E-state index is 2.66. The number of fused-ring (bicyclic) bond motifs is 12. The first-order valence-corrected chi connectivity index (χ1v) is 42.8. The third-order valence-corrected chi connectivity index (χ3v) is 27.7. The standard InChI is InChI=1S/C112H107BN4/c1-106(2,3)80-30-24-29-74(59-80)79-37-49-95-101(64-79)114(83-42-31-72(32-43-83)77-35-47-91-93(62-77)111(14,15)57-55-109(91,10)11)103-68-86(117-97-51-38-75(70-25-20-18-21-26-70)60-87(97)88-61-76(39-52-98(88)117)71-27-22-19-23-28-71)69-104-105(103)113(95)96-50-46-85(116-99-53-40-81(107(4,5)6)65-89(99)90-66-82(108(7,8)9)41-54-100(90)116)67-102(96)115(104)84-44-33-73(34-45-84)78-36-48-92-94(63-78)112(16,17)58-56-110(92,12)13/h18-54,59-69H,55-58H2,1-17H3. The van der Waals surface area contributed by atoms with E-state index in [0.717, 1.165) is 69.4 Å². The van der Waals surface area contributed by atoms with Crippen molar-refractivity contribution in [1.29, 1.82) is 0 Å². The summed E-state index contributed by atoms with van der Waals surface area (Å²) >= 11 is 0. The average molecular weight is 1520 g/mol. The van der Waals surface area contributed by atoms with Crippen LogP contribution in [0.1, 0.15) is 182 Å². The van der Waals surface area contributed by atoms with E-state index in [9.17, 15) is 0 Å². The Labute approximate surface area is 693 Å². The lowest BCUT2D eigenvalue weighted by Gasteiger charge is -2.44. The molecule has 16 aromatic rings. The normalized spacial score (nSPS) is 15.8. The molecular weight excluding hydrogens is 1410 g/mol. The topological polar surface area (TPSA) is 16.3 Å². The largest absolute Gasteiger partial charge is 0.311 e. The van der Waals surface area contributed by atoms with E-state index in [2.05, 4.69) is 428 Å². The van der Waals surface area contributed by atoms with Crippen LogP contribution in [0, 0.1) is 0 Å². The van der Waals surface area contributed by atoms with Crippen LogP contribution in [0.3, 0.4) is 0 Å². The van der Waals surface area contributed by atoms with Gasteiger partial charge in [-0.3, -0.25) is 0 Å². The second kappa shape index (κ2) is 26.4. The fourth-order valence-corrected chi connectivity index (χ4v) is 20.4. The van der Waals surface area contributed by atoms with Gasteiger partial charge < -0.3 is 18.9 Å². The summed E-state index contributed by atoms with van der Waals surface area (Å²) in [5.41, 5.74) is 39.6. The van der Waals surface area contributed by atoms with Gasteiger partial charge in [0.1, 0.15) is 0 Å². The van der Waals surface area contributed by atoms with Crippen molar-refractivity contribution in [3.05, 3.63) is 330 Å². The molecule has 0 N–H and O–H groups in total. The summed E-state index contributed by atoms with van der Waals surface area (Å²) in [6, 6.07) is 114. The minimum Gasteiger partial charge on any atom is -0.311 e. The van der Waals surface area contributed by atoms with E-state index >= 15 is 0 Å². The van der Waals surface area contributed by atoms with Gasteiger partial charge in [-0.1, -0.05) is 306 Å². The molecule has 2 aliphatic heterocycles. The van der Waals surface area contributed by atoms with Gasteiger partial charge in [-0.05, 0) is 278 Å². The molecule has 0 unspecified atom stereocenters. The molecule has 4 aliphatic rings. The Hall–Kier alpha value is -11.7. The van der Waals surface area contributed by atoms with Crippen molar-refractivity contribution in [2.24, 2.45) is 0 Å². The summed E-state index contributed by atoms with van der Waals surface area (Å²) in [6.45, 7) is 40.4. The Morgan fingerprint density at radius 1 is 0.239 bits per heavy atom. The molecule has 14 aromatic carbocycles. The molecule has 4 heterocycles. The molecule has 2 aliphatic carbocycles. The predicted octanol–water partition coefficient (Wildman–Crippen LogP) is 28.9. The van der Waals surface area contributed by atoms with Crippen LogP contribution in [-0.2, 0) is 37.9 Å². The Balaban J connectivity index is 0.886. The zero-order valence-electron chi connectivity index (χ0n) is 71.4. The van der Waals surface area contributed by atoms with Crippen molar-refractivity contribution in [3.63, 3.8) is 0 Å². The first-order chi connectivity index (χ1) is 55.8. The minimum atomic E-state index is -0.197. The monoisotopic (exact) mass is 1520 g/mol. The second-order valence-electron chi connectivity index (χ2n) is 40.3. The summed E-state index contributed by atoms with van der Waals surface area (Å²) in [4.78, 5) is 5.31. The molecule has 2 aromatic heterocycles. The second-order valence-corrected chi connectivity index (χ2v) is 40.3. The lowest BCUT2D eigenvalue weighted by Crippen LogP contribution is -2.61. The molecule has 578 valence electrons. The molecule has 0 atom stereocenters. The summed E-state index contributed by atoms with van der Waals surface area (Å²) in [5, 5.41) is 4.95. The zero-order valence-corrected chi connectivity index (χ0v) is 71.4. The minimum absolute atomic E-state index is 0.0518. The van der Waals surface area contributed by atoms with Gasteiger partial charge in [-0.25, -0.2) is 0 Å². The highest BCUT2D eigenvalue weighted by Gasteiger charge is 2.46. The predicted molar refractivity (Wildman–Crippen MR) is 503 cm³/mol. The number of hydrogen-bond donors (Lipinski definition) is 0. The molecule has 20 rings (SSSR count). The van der Waals surface area contributed by atoms with Crippen molar-refractivity contribution in [2.45, 2.75) is 181 Å². The van der Waals surface area contributed by atoms with Crippen molar-refractivity contribution in [2.75, 3.05) is 9.80 Å². The fourth-order valence-electron chi connectivity index (χ4n) is 20.4. The average Bonchev–Trinajstić information content (AvgIpc) is 1.39. The maximum Gasteiger partial charge on any atom is 0.252 e. The molecule has 0 saturated carbocycles. The van der Waals surface area contributed by atoms with Gasteiger partial charge in [0, 0.05) is 61.4 Å². The van der Waals surface area contributed by atoms with Gasteiger partial charge in [0.05, 0.1) is 27.8 Å². The zero-order chi connectivity index (χ0) is 80.9. The van der Waals surface area contributed by atoms with E-state index in [-0.39, 0.29) is 44.6 Å². The summed E-state index contributed by atoms with van der Waals surface area (Å²) in [6.07, 6.45) is 4.67. The van der Waals surface area contributed by atoms with E-state index in [1.807, 2.05) is 0 Å². The first-order valence-electron chi connectivity index (χ1n) is 42.8. The lowest BCUT2D eigenvalue weighted by molar-refractivity contribution is 0.332. The van der Waals surface area contributed by atoms with Crippen molar-refractivity contribution < 1.29 is 0 Å². The molecule has 0 radical (unpaired) electrons. The van der Waals surface area contributed by atoms with Crippen molar-refractivity contribution in [3.8, 4) is 67.0 Å². The summed E-state index contributed by atoms with van der Waals surface area (Å²) in [5.74, 6) is 0. The number of rotatable bonds is 9. The Morgan fingerprint density at radius 3 is 1.01 bits per heavy atom. The number of hydrogen-bond acceptors (Lipinski definition) is 2. The quantitative estimate of drug-likeness (QED) is 0.134. The van der Waals surface area contributed by atoms with Gasteiger partial charge in [-0.15, -0.1) is 0 Å². The van der Waals surface area contributed by atoms with Crippen LogP contribution < -0.4 is 26.2 Å². The molecule has 0 spiro atoms. The first kappa shape index (κ1) is 74.2. The molecule has 117 heavy (non-hydrogen) atoms. The van der Waals surface area contributed by atoms with Gasteiger partial charge >= 0.3 is 0 Å². The number of aromatic nitrogens is 2. The highest BCUT2D eigenvalue weighted by Crippen LogP contribution is 2.53. The van der Waals surface area contributed by atoms with Gasteiger partial charge in [0.15, 0.2) is 0 Å². The Bertz CT molecular complexity index is 6570. The smallest absolute Gasteiger partial charge is 0.252 e. The van der Waals surface area contributed by atoms with Crippen molar-refractivity contribution >= 4 is 101 Å². The van der Waals surface area contributed by atoms with Crippen LogP contribution in [-0.4, -0.2) is 15.8 Å². The van der Waals surface area contributed by atoms with Crippen molar-refractivity contribution in [1.82, 2.24) is 9.13 Å². The van der Waals surface area contributed by atoms with Crippen LogP contribution >= 0.6 is 0 Å². The maximum absolute atomic E-state index is 2.66. The molecular formula is C112H107BN4. The molecule has 0 amide bonds. The van der Waals surface area contributed by atoms with Gasteiger partial charge in [0.2, 0.25) is 0 Å². The third-order valence-electron chi connectivity index (χ3n) is 27.7. The molecule has 0 saturated heterocycles. The highest BCUT2D eigenvalue weighted by atomic mass is 15.2. The lowest BCUT2D eigenvalue weighted by atomic mass is 9.33. The highest BCUT2D eigenvalue weighted by molar-refractivity contribution is 7.00.